The highest BCUT2D eigenvalue weighted by Crippen LogP contribution is 2.28. The van der Waals surface area contributed by atoms with Crippen molar-refractivity contribution in [1.82, 2.24) is 4.90 Å². The third-order valence-corrected chi connectivity index (χ3v) is 5.89. The molecular weight excluding hydrogens is 298 g/mol. The highest BCUT2D eigenvalue weighted by molar-refractivity contribution is 7.11. The van der Waals surface area contributed by atoms with Crippen LogP contribution in [0.5, 0.6) is 0 Å². The molecule has 1 fully saturated rings. The van der Waals surface area contributed by atoms with E-state index in [1.807, 2.05) is 11.3 Å². The number of likely N-dealkylation sites (tertiary alicyclic amines) is 1. The van der Waals surface area contributed by atoms with Crippen molar-refractivity contribution in [2.45, 2.75) is 51.6 Å². The number of nitrogens with zero attached hydrogens (tertiary/aromatic N) is 1. The van der Waals surface area contributed by atoms with Gasteiger partial charge >= 0.3 is 0 Å². The van der Waals surface area contributed by atoms with E-state index < -0.39 is 0 Å². The van der Waals surface area contributed by atoms with Gasteiger partial charge < -0.3 is 0 Å². The Balaban J connectivity index is 1.74. The van der Waals surface area contributed by atoms with Crippen molar-refractivity contribution >= 4 is 16.9 Å². The van der Waals surface area contributed by atoms with E-state index in [0.29, 0.717) is 0 Å². The standard InChI is InChI=1S/C21H27NS/c1-17-9-6-10-18(2)22(17)15-7-13-20(21-14-8-16-23-21)19-11-4-3-5-12-19/h3-5,8,11-14,16-18H,6-7,9-10,15H2,1-2H3/b20-13+. The second kappa shape index (κ2) is 7.94. The topological polar surface area (TPSA) is 3.24 Å². The molecule has 0 saturated carbocycles. The van der Waals surface area contributed by atoms with Gasteiger partial charge in [-0.3, -0.25) is 4.90 Å². The summed E-state index contributed by atoms with van der Waals surface area (Å²) >= 11 is 1.83. The molecule has 1 saturated heterocycles. The van der Waals surface area contributed by atoms with Crippen molar-refractivity contribution in [3.63, 3.8) is 0 Å². The summed E-state index contributed by atoms with van der Waals surface area (Å²) < 4.78 is 0. The summed E-state index contributed by atoms with van der Waals surface area (Å²) in [6.07, 6.45) is 7.65. The largest absolute Gasteiger partial charge is 0.298 e. The Morgan fingerprint density at radius 3 is 2.48 bits per heavy atom. The van der Waals surface area contributed by atoms with Gasteiger partial charge in [0.15, 0.2) is 0 Å². The van der Waals surface area contributed by atoms with Crippen LogP contribution in [0.15, 0.2) is 53.9 Å². The van der Waals surface area contributed by atoms with Crippen LogP contribution in [0.2, 0.25) is 0 Å². The lowest BCUT2D eigenvalue weighted by atomic mass is 9.97. The number of benzene rings is 1. The smallest absolute Gasteiger partial charge is 0.0345 e. The van der Waals surface area contributed by atoms with Gasteiger partial charge in [-0.15, -0.1) is 11.3 Å². The molecule has 0 N–H and O–H groups in total. The molecule has 0 spiro atoms. The Morgan fingerprint density at radius 2 is 1.83 bits per heavy atom. The highest BCUT2D eigenvalue weighted by atomic mass is 32.1. The fraction of sp³-hybridized carbons (Fsp3) is 0.429. The minimum absolute atomic E-state index is 0.731. The molecule has 1 aliphatic rings. The van der Waals surface area contributed by atoms with Gasteiger partial charge in [0.05, 0.1) is 0 Å². The molecule has 2 aromatic rings. The molecule has 1 nitrogen and oxygen atoms in total. The summed E-state index contributed by atoms with van der Waals surface area (Å²) in [5.74, 6) is 0. The molecule has 1 aromatic heterocycles. The Morgan fingerprint density at radius 1 is 1.09 bits per heavy atom. The van der Waals surface area contributed by atoms with Crippen LogP contribution in [0, 0.1) is 0 Å². The summed E-state index contributed by atoms with van der Waals surface area (Å²) in [4.78, 5) is 4.06. The van der Waals surface area contributed by atoms with Crippen LogP contribution < -0.4 is 0 Å². The number of piperidine rings is 1. The molecule has 2 heteroatoms. The average molecular weight is 326 g/mol. The number of hydrogen-bond donors (Lipinski definition) is 0. The first-order chi connectivity index (χ1) is 11.3. The first-order valence-corrected chi connectivity index (χ1v) is 9.69. The molecule has 0 aliphatic carbocycles. The van der Waals surface area contributed by atoms with Gasteiger partial charge in [0.2, 0.25) is 0 Å². The number of rotatable bonds is 5. The molecule has 0 bridgehead atoms. The van der Waals surface area contributed by atoms with Gasteiger partial charge in [0.1, 0.15) is 0 Å². The molecule has 23 heavy (non-hydrogen) atoms. The molecule has 2 atom stereocenters. The third kappa shape index (κ3) is 4.13. The van der Waals surface area contributed by atoms with Gasteiger partial charge in [0, 0.05) is 23.5 Å². The quantitative estimate of drug-likeness (QED) is 0.668. The van der Waals surface area contributed by atoms with Crippen molar-refractivity contribution in [3.05, 3.63) is 64.4 Å². The molecule has 122 valence electrons. The van der Waals surface area contributed by atoms with Crippen molar-refractivity contribution in [2.24, 2.45) is 0 Å². The van der Waals surface area contributed by atoms with Crippen LogP contribution in [-0.2, 0) is 0 Å². The zero-order chi connectivity index (χ0) is 16.1. The summed E-state index contributed by atoms with van der Waals surface area (Å²) in [6.45, 7) is 5.94. The first-order valence-electron chi connectivity index (χ1n) is 8.81. The first kappa shape index (κ1) is 16.5. The van der Waals surface area contributed by atoms with Crippen molar-refractivity contribution in [2.75, 3.05) is 6.54 Å². The Labute approximate surface area is 144 Å². The van der Waals surface area contributed by atoms with Gasteiger partial charge in [-0.2, -0.15) is 0 Å². The zero-order valence-corrected chi connectivity index (χ0v) is 15.1. The monoisotopic (exact) mass is 325 g/mol. The molecular formula is C21H27NS. The SMILES string of the molecule is CC1CCCC(C)N1CC/C=C(\c1ccccc1)c1cccs1. The molecule has 1 aromatic carbocycles. The maximum Gasteiger partial charge on any atom is 0.0345 e. The summed E-state index contributed by atoms with van der Waals surface area (Å²) in [6, 6.07) is 16.6. The van der Waals surface area contributed by atoms with E-state index in [1.165, 1.54) is 41.8 Å². The third-order valence-electron chi connectivity index (χ3n) is 4.98. The lowest BCUT2D eigenvalue weighted by molar-refractivity contribution is 0.106. The van der Waals surface area contributed by atoms with Gasteiger partial charge in [-0.05, 0) is 55.7 Å². The number of hydrogen-bond acceptors (Lipinski definition) is 2. The normalized spacial score (nSPS) is 23.1. The van der Waals surface area contributed by atoms with E-state index in [4.69, 9.17) is 0 Å². The van der Waals surface area contributed by atoms with Gasteiger partial charge in [0.25, 0.3) is 0 Å². The van der Waals surface area contributed by atoms with E-state index in [1.54, 1.807) is 0 Å². The van der Waals surface area contributed by atoms with Crippen molar-refractivity contribution in [1.29, 1.82) is 0 Å². The van der Waals surface area contributed by atoms with E-state index in [2.05, 4.69) is 72.7 Å². The Hall–Kier alpha value is -1.38. The zero-order valence-electron chi connectivity index (χ0n) is 14.2. The predicted octanol–water partition coefficient (Wildman–Crippen LogP) is 5.83. The van der Waals surface area contributed by atoms with E-state index in [-0.39, 0.29) is 0 Å². The Bertz CT molecular complexity index is 605. The minimum Gasteiger partial charge on any atom is -0.298 e. The lowest BCUT2D eigenvalue weighted by Gasteiger charge is -2.38. The van der Waals surface area contributed by atoms with Crippen LogP contribution in [0.4, 0.5) is 0 Å². The fourth-order valence-electron chi connectivity index (χ4n) is 3.68. The van der Waals surface area contributed by atoms with E-state index in [0.717, 1.165) is 18.5 Å². The molecule has 0 radical (unpaired) electrons. The maximum absolute atomic E-state index is 2.69. The molecule has 0 amide bonds. The molecule has 2 heterocycles. The Kier molecular flexibility index (Phi) is 5.69. The van der Waals surface area contributed by atoms with Gasteiger partial charge in [-0.1, -0.05) is 48.9 Å². The van der Waals surface area contributed by atoms with Crippen LogP contribution in [0.25, 0.3) is 5.57 Å². The van der Waals surface area contributed by atoms with Crippen LogP contribution in [0.1, 0.15) is 50.0 Å². The molecule has 1 aliphatic heterocycles. The lowest BCUT2D eigenvalue weighted by Crippen LogP contribution is -2.43. The summed E-state index contributed by atoms with van der Waals surface area (Å²) in [7, 11) is 0. The summed E-state index contributed by atoms with van der Waals surface area (Å²) in [5, 5.41) is 2.17. The van der Waals surface area contributed by atoms with Gasteiger partial charge in [-0.25, -0.2) is 0 Å². The second-order valence-electron chi connectivity index (χ2n) is 6.62. The van der Waals surface area contributed by atoms with E-state index >= 15 is 0 Å². The van der Waals surface area contributed by atoms with Crippen molar-refractivity contribution in [3.8, 4) is 0 Å². The predicted molar refractivity (Wildman–Crippen MR) is 102 cm³/mol. The van der Waals surface area contributed by atoms with Crippen LogP contribution in [0.3, 0.4) is 0 Å². The number of thiophene rings is 1. The average Bonchev–Trinajstić information content (AvgIpc) is 3.09. The van der Waals surface area contributed by atoms with E-state index in [9.17, 15) is 0 Å². The second-order valence-corrected chi connectivity index (χ2v) is 7.56. The molecule has 3 rings (SSSR count). The minimum atomic E-state index is 0.731. The van der Waals surface area contributed by atoms with Crippen molar-refractivity contribution < 1.29 is 0 Å². The fourth-order valence-corrected chi connectivity index (χ4v) is 4.47. The molecule has 2 unspecified atom stereocenters. The van der Waals surface area contributed by atoms with Crippen LogP contribution in [-0.4, -0.2) is 23.5 Å². The maximum atomic E-state index is 2.69. The van der Waals surface area contributed by atoms with Crippen LogP contribution >= 0.6 is 11.3 Å². The summed E-state index contributed by atoms with van der Waals surface area (Å²) in [5.41, 5.74) is 2.72. The highest BCUT2D eigenvalue weighted by Gasteiger charge is 2.23.